The summed E-state index contributed by atoms with van der Waals surface area (Å²) < 4.78 is 38.4. The van der Waals surface area contributed by atoms with E-state index in [0.717, 1.165) is 10.1 Å². The van der Waals surface area contributed by atoms with Crippen molar-refractivity contribution >= 4 is 5.65 Å². The predicted octanol–water partition coefficient (Wildman–Crippen LogP) is 2.42. The van der Waals surface area contributed by atoms with Crippen molar-refractivity contribution in [3.63, 3.8) is 0 Å². The number of halogens is 3. The van der Waals surface area contributed by atoms with E-state index >= 15 is 0 Å². The van der Waals surface area contributed by atoms with Gasteiger partial charge >= 0.3 is 6.18 Å². The number of nitrogens with zero attached hydrogens (tertiary/aromatic N) is 2. The number of hydrogen-bond acceptors (Lipinski definition) is 3. The van der Waals surface area contributed by atoms with Gasteiger partial charge in [0.15, 0.2) is 0 Å². The topological polar surface area (TPSA) is 70.4 Å². The highest BCUT2D eigenvalue weighted by atomic mass is 19.4. The zero-order valence-electron chi connectivity index (χ0n) is 11.8. The van der Waals surface area contributed by atoms with E-state index in [1.807, 2.05) is 30.3 Å². The van der Waals surface area contributed by atoms with E-state index in [1.54, 1.807) is 0 Å². The number of aromatic nitrogens is 3. The highest BCUT2D eigenvalue weighted by Crippen LogP contribution is 2.25. The Morgan fingerprint density at radius 3 is 2.57 bits per heavy atom. The molecule has 2 N–H and O–H groups in total. The maximum Gasteiger partial charge on any atom is 0.393 e. The predicted molar refractivity (Wildman–Crippen MR) is 76.5 cm³/mol. The van der Waals surface area contributed by atoms with Crippen molar-refractivity contribution in [2.75, 3.05) is 0 Å². The van der Waals surface area contributed by atoms with E-state index in [1.165, 1.54) is 6.20 Å². The van der Waals surface area contributed by atoms with Crippen LogP contribution in [0.4, 0.5) is 13.2 Å². The van der Waals surface area contributed by atoms with Crippen LogP contribution in [0, 0.1) is 0 Å². The van der Waals surface area contributed by atoms with E-state index in [9.17, 15) is 23.1 Å². The van der Waals surface area contributed by atoms with Crippen LogP contribution in [0.2, 0.25) is 0 Å². The van der Waals surface area contributed by atoms with E-state index in [0.29, 0.717) is 12.0 Å². The molecule has 0 saturated carbocycles. The maximum atomic E-state index is 12.5. The number of aromatic hydroxyl groups is 1. The van der Waals surface area contributed by atoms with Gasteiger partial charge in [-0.1, -0.05) is 30.3 Å². The molecule has 2 aromatic heterocycles. The molecule has 23 heavy (non-hydrogen) atoms. The van der Waals surface area contributed by atoms with Crippen LogP contribution in [0.25, 0.3) is 5.65 Å². The van der Waals surface area contributed by atoms with Crippen molar-refractivity contribution in [2.24, 2.45) is 0 Å². The van der Waals surface area contributed by atoms with Gasteiger partial charge in [-0.3, -0.25) is 4.79 Å². The number of benzene rings is 1. The fourth-order valence-electron chi connectivity index (χ4n) is 2.39. The Morgan fingerprint density at radius 2 is 1.91 bits per heavy atom. The minimum absolute atomic E-state index is 0.183. The highest BCUT2D eigenvalue weighted by molar-refractivity contribution is 5.51. The first-order valence-corrected chi connectivity index (χ1v) is 6.76. The fraction of sp³-hybridized carbons (Fsp3) is 0.200. The van der Waals surface area contributed by atoms with Crippen LogP contribution < -0.4 is 5.56 Å². The van der Waals surface area contributed by atoms with Crippen molar-refractivity contribution in [3.05, 3.63) is 63.6 Å². The Balaban J connectivity index is 2.07. The van der Waals surface area contributed by atoms with Crippen LogP contribution in [0.3, 0.4) is 0 Å². The number of rotatable bonds is 3. The van der Waals surface area contributed by atoms with Crippen LogP contribution in [0.5, 0.6) is 5.88 Å². The molecule has 0 aliphatic heterocycles. The van der Waals surface area contributed by atoms with Crippen LogP contribution in [-0.2, 0) is 12.8 Å². The summed E-state index contributed by atoms with van der Waals surface area (Å²) in [4.78, 5) is 14.3. The van der Waals surface area contributed by atoms with Crippen molar-refractivity contribution in [3.8, 4) is 5.88 Å². The molecule has 0 atom stereocenters. The number of alkyl halides is 3. The number of H-pyrrole nitrogens is 1. The molecule has 3 rings (SSSR count). The summed E-state index contributed by atoms with van der Waals surface area (Å²) in [5.74, 6) is -0.791. The van der Waals surface area contributed by atoms with E-state index in [2.05, 4.69) is 10.1 Å². The second kappa shape index (κ2) is 5.45. The van der Waals surface area contributed by atoms with Crippen molar-refractivity contribution in [2.45, 2.75) is 19.0 Å². The van der Waals surface area contributed by atoms with Crippen molar-refractivity contribution in [1.29, 1.82) is 0 Å². The van der Waals surface area contributed by atoms with Gasteiger partial charge in [0.1, 0.15) is 5.65 Å². The van der Waals surface area contributed by atoms with Gasteiger partial charge < -0.3 is 10.1 Å². The molecule has 0 fully saturated rings. The Kier molecular flexibility index (Phi) is 3.59. The van der Waals surface area contributed by atoms with Gasteiger partial charge in [0, 0.05) is 12.0 Å². The largest absolute Gasteiger partial charge is 0.493 e. The van der Waals surface area contributed by atoms with Gasteiger partial charge in [0.25, 0.3) is 5.56 Å². The van der Waals surface area contributed by atoms with E-state index in [-0.39, 0.29) is 5.65 Å². The number of hydrogen-bond donors (Lipinski definition) is 2. The Morgan fingerprint density at radius 1 is 1.22 bits per heavy atom. The average Bonchev–Trinajstić information content (AvgIpc) is 2.87. The smallest absolute Gasteiger partial charge is 0.393 e. The second-order valence-electron chi connectivity index (χ2n) is 5.14. The van der Waals surface area contributed by atoms with Crippen LogP contribution in [0.15, 0.2) is 41.3 Å². The molecule has 120 valence electrons. The van der Waals surface area contributed by atoms with Gasteiger partial charge in [-0.25, -0.2) is 0 Å². The lowest BCUT2D eigenvalue weighted by Gasteiger charge is -2.08. The first kappa shape index (κ1) is 15.1. The Hall–Kier alpha value is -2.77. The third kappa shape index (κ3) is 3.05. The standard InChI is InChI=1S/C15H12F3N3O2/c16-15(17,18)7-11-13(22)20-12-10(8-19-21(12)14(11)23)6-9-4-2-1-3-5-9/h1-5,8,23H,6-7H2,(H,20,22). The van der Waals surface area contributed by atoms with Crippen LogP contribution >= 0.6 is 0 Å². The minimum atomic E-state index is -4.60. The lowest BCUT2D eigenvalue weighted by atomic mass is 10.1. The highest BCUT2D eigenvalue weighted by Gasteiger charge is 2.32. The lowest BCUT2D eigenvalue weighted by molar-refractivity contribution is -0.127. The fourth-order valence-corrected chi connectivity index (χ4v) is 2.39. The minimum Gasteiger partial charge on any atom is -0.493 e. The summed E-state index contributed by atoms with van der Waals surface area (Å²) in [6.07, 6.45) is -4.27. The molecule has 2 heterocycles. The third-order valence-corrected chi connectivity index (χ3v) is 3.44. The summed E-state index contributed by atoms with van der Waals surface area (Å²) in [6.45, 7) is 0. The van der Waals surface area contributed by atoms with E-state index in [4.69, 9.17) is 0 Å². The SMILES string of the molecule is O=c1[nH]c2c(Cc3ccccc3)cnn2c(O)c1CC(F)(F)F. The van der Waals surface area contributed by atoms with Gasteiger partial charge in [-0.2, -0.15) is 22.8 Å². The summed E-state index contributed by atoms with van der Waals surface area (Å²) >= 11 is 0. The number of nitrogens with one attached hydrogen (secondary N) is 1. The Bertz CT molecular complexity index is 898. The van der Waals surface area contributed by atoms with E-state index < -0.39 is 29.6 Å². The molecule has 0 aliphatic rings. The first-order chi connectivity index (χ1) is 10.8. The molecular formula is C15H12F3N3O2. The molecule has 0 bridgehead atoms. The second-order valence-corrected chi connectivity index (χ2v) is 5.14. The lowest BCUT2D eigenvalue weighted by Crippen LogP contribution is -2.22. The van der Waals surface area contributed by atoms with Gasteiger partial charge in [0.05, 0.1) is 18.2 Å². The molecule has 0 spiro atoms. The Labute approximate surface area is 128 Å². The molecular weight excluding hydrogens is 311 g/mol. The monoisotopic (exact) mass is 323 g/mol. The van der Waals surface area contributed by atoms with Gasteiger partial charge in [0.2, 0.25) is 5.88 Å². The number of fused-ring (bicyclic) bond motifs is 1. The summed E-state index contributed by atoms with van der Waals surface area (Å²) in [5.41, 5.74) is 0.00745. The zero-order valence-corrected chi connectivity index (χ0v) is 11.8. The normalized spacial score (nSPS) is 12.0. The van der Waals surface area contributed by atoms with Crippen LogP contribution in [-0.4, -0.2) is 25.9 Å². The van der Waals surface area contributed by atoms with Gasteiger partial charge in [-0.05, 0) is 5.56 Å². The summed E-state index contributed by atoms with van der Waals surface area (Å²) in [5, 5.41) is 13.8. The molecule has 1 aromatic carbocycles. The summed E-state index contributed by atoms with van der Waals surface area (Å²) in [7, 11) is 0. The molecule has 0 amide bonds. The first-order valence-electron chi connectivity index (χ1n) is 6.76. The van der Waals surface area contributed by atoms with Crippen molar-refractivity contribution < 1.29 is 18.3 Å². The quantitative estimate of drug-likeness (QED) is 0.778. The molecule has 3 aromatic rings. The summed E-state index contributed by atoms with van der Waals surface area (Å²) in [6, 6.07) is 9.31. The third-order valence-electron chi connectivity index (χ3n) is 3.44. The zero-order chi connectivity index (χ0) is 16.6. The molecule has 5 nitrogen and oxygen atoms in total. The molecule has 0 radical (unpaired) electrons. The number of aromatic amines is 1. The molecule has 8 heteroatoms. The molecule has 0 saturated heterocycles. The van der Waals surface area contributed by atoms with Crippen LogP contribution in [0.1, 0.15) is 16.7 Å². The molecule has 0 aliphatic carbocycles. The molecule has 0 unspecified atom stereocenters. The van der Waals surface area contributed by atoms with Crippen molar-refractivity contribution in [1.82, 2.24) is 14.6 Å². The average molecular weight is 323 g/mol. The maximum absolute atomic E-state index is 12.5. The van der Waals surface area contributed by atoms with Gasteiger partial charge in [-0.15, -0.1) is 0 Å².